The third-order valence-electron chi connectivity index (χ3n) is 4.32. The van der Waals surface area contributed by atoms with Crippen molar-refractivity contribution in [3.05, 3.63) is 29.8 Å². The number of aryl methyl sites for hydroxylation is 1. The van der Waals surface area contributed by atoms with Crippen LogP contribution in [0, 0.1) is 0 Å². The topological polar surface area (TPSA) is 46.5 Å². The first-order chi connectivity index (χ1) is 11.7. The highest BCUT2D eigenvalue weighted by atomic mass is 16.5. The van der Waals surface area contributed by atoms with Crippen molar-refractivity contribution in [2.75, 3.05) is 6.61 Å². The zero-order valence-electron chi connectivity index (χ0n) is 15.3. The summed E-state index contributed by atoms with van der Waals surface area (Å²) in [5.74, 6) is 0.126. The molecular weight excluding hydrogens is 300 g/mol. The second-order valence-electron chi connectivity index (χ2n) is 6.57. The van der Waals surface area contributed by atoms with E-state index in [4.69, 9.17) is 4.74 Å². The molecule has 0 amide bonds. The van der Waals surface area contributed by atoms with Gasteiger partial charge in [-0.2, -0.15) is 0 Å². The summed E-state index contributed by atoms with van der Waals surface area (Å²) in [6.07, 6.45) is 13.9. The normalized spacial score (nSPS) is 10.7. The Morgan fingerprint density at radius 2 is 1.42 bits per heavy atom. The van der Waals surface area contributed by atoms with E-state index in [1.807, 2.05) is 12.1 Å². The van der Waals surface area contributed by atoms with Gasteiger partial charge in [0, 0.05) is 6.42 Å². The van der Waals surface area contributed by atoms with E-state index in [-0.39, 0.29) is 11.7 Å². The zero-order chi connectivity index (χ0) is 17.5. The fraction of sp³-hybridized carbons (Fsp3) is 0.667. The fourth-order valence-electron chi connectivity index (χ4n) is 2.76. The number of phenols is 1. The molecule has 0 bridgehead atoms. The molecule has 0 saturated heterocycles. The number of hydrogen-bond donors (Lipinski definition) is 1. The highest BCUT2D eigenvalue weighted by molar-refractivity contribution is 5.69. The predicted octanol–water partition coefficient (Wildman–Crippen LogP) is 5.79. The maximum atomic E-state index is 11.7. The first-order valence-electron chi connectivity index (χ1n) is 9.66. The molecule has 0 aliphatic heterocycles. The van der Waals surface area contributed by atoms with Gasteiger partial charge in [0.1, 0.15) is 5.75 Å². The van der Waals surface area contributed by atoms with E-state index in [0.29, 0.717) is 19.4 Å². The Morgan fingerprint density at radius 1 is 0.875 bits per heavy atom. The second kappa shape index (κ2) is 13.9. The lowest BCUT2D eigenvalue weighted by Gasteiger charge is -2.05. The lowest BCUT2D eigenvalue weighted by Crippen LogP contribution is -2.07. The van der Waals surface area contributed by atoms with Gasteiger partial charge in [0.15, 0.2) is 0 Å². The number of hydrogen-bond acceptors (Lipinski definition) is 3. The van der Waals surface area contributed by atoms with E-state index in [2.05, 4.69) is 6.92 Å². The number of ether oxygens (including phenoxy) is 1. The van der Waals surface area contributed by atoms with Gasteiger partial charge in [-0.25, -0.2) is 0 Å². The zero-order valence-corrected chi connectivity index (χ0v) is 15.3. The Balaban J connectivity index is 1.88. The van der Waals surface area contributed by atoms with Crippen molar-refractivity contribution < 1.29 is 14.6 Å². The van der Waals surface area contributed by atoms with Crippen molar-refractivity contribution in [1.82, 2.24) is 0 Å². The molecule has 0 fully saturated rings. The second-order valence-corrected chi connectivity index (χ2v) is 6.57. The average molecular weight is 334 g/mol. The number of carbonyl (C=O) groups excluding carboxylic acids is 1. The van der Waals surface area contributed by atoms with E-state index in [9.17, 15) is 9.90 Å². The Hall–Kier alpha value is -1.51. The molecule has 1 rings (SSSR count). The average Bonchev–Trinajstić information content (AvgIpc) is 2.59. The quantitative estimate of drug-likeness (QED) is 0.346. The van der Waals surface area contributed by atoms with Crippen LogP contribution in [-0.4, -0.2) is 17.7 Å². The Morgan fingerprint density at radius 3 is 2.00 bits per heavy atom. The van der Waals surface area contributed by atoms with Gasteiger partial charge in [-0.1, -0.05) is 76.8 Å². The predicted molar refractivity (Wildman–Crippen MR) is 99.2 cm³/mol. The van der Waals surface area contributed by atoms with Crippen molar-refractivity contribution in [1.29, 1.82) is 0 Å². The molecule has 0 saturated carbocycles. The molecule has 1 aromatic carbocycles. The van der Waals surface area contributed by atoms with Gasteiger partial charge in [-0.3, -0.25) is 4.79 Å². The van der Waals surface area contributed by atoms with Crippen molar-refractivity contribution >= 4 is 5.97 Å². The molecule has 0 spiro atoms. The van der Waals surface area contributed by atoms with Gasteiger partial charge in [-0.15, -0.1) is 0 Å². The minimum atomic E-state index is -0.126. The maximum absolute atomic E-state index is 11.7. The molecule has 0 atom stereocenters. The maximum Gasteiger partial charge on any atom is 0.306 e. The monoisotopic (exact) mass is 334 g/mol. The summed E-state index contributed by atoms with van der Waals surface area (Å²) >= 11 is 0. The molecule has 1 N–H and O–H groups in total. The number of phenolic OH excluding ortho intramolecular Hbond substituents is 1. The molecule has 1 aromatic rings. The summed E-state index contributed by atoms with van der Waals surface area (Å²) in [6, 6.07) is 6.96. The Bertz CT molecular complexity index is 425. The summed E-state index contributed by atoms with van der Waals surface area (Å²) in [6.45, 7) is 2.80. The highest BCUT2D eigenvalue weighted by Crippen LogP contribution is 2.12. The van der Waals surface area contributed by atoms with Crippen LogP contribution in [0.4, 0.5) is 0 Å². The van der Waals surface area contributed by atoms with E-state index in [1.165, 1.54) is 51.4 Å². The number of esters is 1. The SMILES string of the molecule is CCCCCCCCCCCCOC(=O)CCc1ccc(O)cc1. The van der Waals surface area contributed by atoms with Crippen LogP contribution < -0.4 is 0 Å². The van der Waals surface area contributed by atoms with Gasteiger partial charge in [-0.05, 0) is 30.5 Å². The first-order valence-corrected chi connectivity index (χ1v) is 9.66. The third kappa shape index (κ3) is 11.1. The van der Waals surface area contributed by atoms with Gasteiger partial charge in [0.25, 0.3) is 0 Å². The minimum Gasteiger partial charge on any atom is -0.508 e. The molecule has 0 aromatic heterocycles. The molecule has 0 heterocycles. The molecular formula is C21H34O3. The molecule has 3 heteroatoms. The number of rotatable bonds is 14. The lowest BCUT2D eigenvalue weighted by atomic mass is 10.1. The van der Waals surface area contributed by atoms with Crippen LogP contribution in [0.3, 0.4) is 0 Å². The van der Waals surface area contributed by atoms with Crippen LogP contribution in [0.2, 0.25) is 0 Å². The summed E-state index contributed by atoms with van der Waals surface area (Å²) < 4.78 is 5.27. The lowest BCUT2D eigenvalue weighted by molar-refractivity contribution is -0.143. The third-order valence-corrected chi connectivity index (χ3v) is 4.32. The molecule has 0 aliphatic carbocycles. The first kappa shape index (κ1) is 20.5. The molecule has 136 valence electrons. The van der Waals surface area contributed by atoms with E-state index in [0.717, 1.165) is 18.4 Å². The Labute approximate surface area is 147 Å². The van der Waals surface area contributed by atoms with E-state index >= 15 is 0 Å². The van der Waals surface area contributed by atoms with Crippen LogP contribution in [0.1, 0.15) is 83.1 Å². The summed E-state index contributed by atoms with van der Waals surface area (Å²) in [4.78, 5) is 11.7. The molecule has 0 unspecified atom stereocenters. The molecule has 24 heavy (non-hydrogen) atoms. The molecule has 0 aliphatic rings. The van der Waals surface area contributed by atoms with Gasteiger partial charge in [0.05, 0.1) is 6.61 Å². The number of aromatic hydroxyl groups is 1. The summed E-state index contributed by atoms with van der Waals surface area (Å²) in [5.41, 5.74) is 1.05. The van der Waals surface area contributed by atoms with Crippen LogP contribution in [-0.2, 0) is 16.0 Å². The fourth-order valence-corrected chi connectivity index (χ4v) is 2.76. The van der Waals surface area contributed by atoms with E-state index in [1.54, 1.807) is 12.1 Å². The molecule has 0 radical (unpaired) electrons. The number of unbranched alkanes of at least 4 members (excludes halogenated alkanes) is 9. The van der Waals surface area contributed by atoms with Crippen molar-refractivity contribution in [2.45, 2.75) is 84.0 Å². The minimum absolute atomic E-state index is 0.126. The number of carbonyl (C=O) groups is 1. The smallest absolute Gasteiger partial charge is 0.306 e. The largest absolute Gasteiger partial charge is 0.508 e. The van der Waals surface area contributed by atoms with E-state index < -0.39 is 0 Å². The van der Waals surface area contributed by atoms with Crippen molar-refractivity contribution in [3.63, 3.8) is 0 Å². The van der Waals surface area contributed by atoms with Crippen LogP contribution in [0.15, 0.2) is 24.3 Å². The molecule has 3 nitrogen and oxygen atoms in total. The number of benzene rings is 1. The summed E-state index contributed by atoms with van der Waals surface area (Å²) in [5, 5.41) is 9.21. The van der Waals surface area contributed by atoms with Crippen molar-refractivity contribution in [3.8, 4) is 5.75 Å². The van der Waals surface area contributed by atoms with Gasteiger partial charge >= 0.3 is 5.97 Å². The summed E-state index contributed by atoms with van der Waals surface area (Å²) in [7, 11) is 0. The van der Waals surface area contributed by atoms with Gasteiger partial charge in [0.2, 0.25) is 0 Å². The van der Waals surface area contributed by atoms with Crippen LogP contribution in [0.25, 0.3) is 0 Å². The highest BCUT2D eigenvalue weighted by Gasteiger charge is 2.03. The van der Waals surface area contributed by atoms with Crippen LogP contribution >= 0.6 is 0 Å². The van der Waals surface area contributed by atoms with Crippen LogP contribution in [0.5, 0.6) is 5.75 Å². The van der Waals surface area contributed by atoms with Crippen molar-refractivity contribution in [2.24, 2.45) is 0 Å². The standard InChI is InChI=1S/C21H34O3/c1-2-3-4-5-6-7-8-9-10-11-18-24-21(23)17-14-19-12-15-20(22)16-13-19/h12-13,15-16,22H,2-11,14,17-18H2,1H3. The Kier molecular flexibility index (Phi) is 11.9. The van der Waals surface area contributed by atoms with Gasteiger partial charge < -0.3 is 9.84 Å².